The molecule has 6 heteroatoms. The molecular formula is C48H66O6. The standard InChI is InChI=1S/C48H66O6/c1-9-11-13-15-17-19-21-23-25-53-47-33(3)35-27-37-38(28-36(35)34(4)48(47)54-26-24-22-20-18-16-14-12-10-2)40-30-44(50-6)46(52-8)32-42(40)41-31-45(51-7)43(49-5)29-39(37)41/h27-32H,9-26H2,1-8H3. The summed E-state index contributed by atoms with van der Waals surface area (Å²) >= 11 is 0. The molecule has 294 valence electrons. The molecule has 0 heterocycles. The highest BCUT2D eigenvalue weighted by atomic mass is 16.5. The van der Waals surface area contributed by atoms with Gasteiger partial charge < -0.3 is 28.4 Å². The fraction of sp³-hybridized carbons (Fsp3) is 0.542. The Bertz CT molecular complexity index is 1840. The van der Waals surface area contributed by atoms with Crippen LogP contribution in [0, 0.1) is 13.8 Å². The lowest BCUT2D eigenvalue weighted by molar-refractivity contribution is 0.256. The number of rotatable bonds is 24. The first-order chi connectivity index (χ1) is 26.4. The fourth-order valence-electron chi connectivity index (χ4n) is 8.07. The normalized spacial score (nSPS) is 11.6. The average molecular weight is 739 g/mol. The number of hydrogen-bond donors (Lipinski definition) is 0. The van der Waals surface area contributed by atoms with E-state index in [-0.39, 0.29) is 0 Å². The fourth-order valence-corrected chi connectivity index (χ4v) is 8.07. The van der Waals surface area contributed by atoms with Gasteiger partial charge in [-0.2, -0.15) is 0 Å². The molecule has 0 aliphatic carbocycles. The molecule has 5 aromatic rings. The predicted molar refractivity (Wildman–Crippen MR) is 228 cm³/mol. The van der Waals surface area contributed by atoms with Gasteiger partial charge in [0.05, 0.1) is 41.7 Å². The summed E-state index contributed by atoms with van der Waals surface area (Å²) in [4.78, 5) is 0. The van der Waals surface area contributed by atoms with Gasteiger partial charge in [-0.1, -0.05) is 104 Å². The van der Waals surface area contributed by atoms with Crippen LogP contribution in [0.15, 0.2) is 36.4 Å². The van der Waals surface area contributed by atoms with Gasteiger partial charge in [0.15, 0.2) is 34.5 Å². The summed E-state index contributed by atoms with van der Waals surface area (Å²) in [6, 6.07) is 13.0. The van der Waals surface area contributed by atoms with Crippen molar-refractivity contribution in [2.75, 3.05) is 41.7 Å². The molecule has 54 heavy (non-hydrogen) atoms. The van der Waals surface area contributed by atoms with Crippen LogP contribution in [0.3, 0.4) is 0 Å². The van der Waals surface area contributed by atoms with Gasteiger partial charge in [0.25, 0.3) is 0 Å². The number of aryl methyl sites for hydroxylation is 2. The Labute approximate surface area is 324 Å². The second kappa shape index (κ2) is 20.6. The summed E-state index contributed by atoms with van der Waals surface area (Å²) in [5.74, 6) is 4.53. The van der Waals surface area contributed by atoms with Crippen LogP contribution in [-0.2, 0) is 0 Å². The van der Waals surface area contributed by atoms with Gasteiger partial charge >= 0.3 is 0 Å². The topological polar surface area (TPSA) is 55.4 Å². The minimum Gasteiger partial charge on any atom is -0.493 e. The van der Waals surface area contributed by atoms with Gasteiger partial charge in [0.2, 0.25) is 0 Å². The van der Waals surface area contributed by atoms with Crippen LogP contribution in [0.4, 0.5) is 0 Å². The maximum absolute atomic E-state index is 6.74. The van der Waals surface area contributed by atoms with Gasteiger partial charge in [-0.3, -0.25) is 0 Å². The van der Waals surface area contributed by atoms with Gasteiger partial charge in [0.1, 0.15) is 0 Å². The van der Waals surface area contributed by atoms with E-state index >= 15 is 0 Å². The zero-order valence-corrected chi connectivity index (χ0v) is 34.6. The van der Waals surface area contributed by atoms with E-state index in [2.05, 4.69) is 64.1 Å². The Morgan fingerprint density at radius 3 is 0.870 bits per heavy atom. The first-order valence-corrected chi connectivity index (χ1v) is 20.8. The van der Waals surface area contributed by atoms with Crippen LogP contribution in [0.2, 0.25) is 0 Å². The second-order valence-electron chi connectivity index (χ2n) is 15.0. The van der Waals surface area contributed by atoms with Gasteiger partial charge in [-0.05, 0) is 106 Å². The van der Waals surface area contributed by atoms with Crippen LogP contribution in [0.5, 0.6) is 34.5 Å². The lowest BCUT2D eigenvalue weighted by atomic mass is 9.89. The third kappa shape index (κ3) is 9.41. The van der Waals surface area contributed by atoms with E-state index < -0.39 is 0 Å². The SMILES string of the molecule is CCCCCCCCCCOc1c(OCCCCCCCCCC)c(C)c2cc3c4cc(OC)c(OC)cc4c4cc(OC)c(OC)cc4c3cc2c1C. The number of methoxy groups -OCH3 is 4. The Morgan fingerprint density at radius 1 is 0.333 bits per heavy atom. The van der Waals surface area contributed by atoms with Crippen LogP contribution in [-0.4, -0.2) is 41.7 Å². The third-order valence-electron chi connectivity index (χ3n) is 11.3. The third-order valence-corrected chi connectivity index (χ3v) is 11.3. The number of hydrogen-bond acceptors (Lipinski definition) is 6. The van der Waals surface area contributed by atoms with Crippen molar-refractivity contribution >= 4 is 43.1 Å². The lowest BCUT2D eigenvalue weighted by Gasteiger charge is -2.22. The maximum Gasteiger partial charge on any atom is 0.164 e. The zero-order valence-electron chi connectivity index (χ0n) is 34.6. The largest absolute Gasteiger partial charge is 0.493 e. The number of ether oxygens (including phenoxy) is 6. The van der Waals surface area contributed by atoms with Crippen molar-refractivity contribution in [3.05, 3.63) is 47.5 Å². The molecule has 0 atom stereocenters. The first-order valence-electron chi connectivity index (χ1n) is 20.8. The molecule has 0 unspecified atom stereocenters. The molecule has 5 rings (SSSR count). The van der Waals surface area contributed by atoms with Crippen molar-refractivity contribution in [2.24, 2.45) is 0 Å². The number of benzene rings is 5. The molecular weight excluding hydrogens is 673 g/mol. The molecule has 0 fully saturated rings. The summed E-state index contributed by atoms with van der Waals surface area (Å²) in [5, 5.41) is 8.87. The van der Waals surface area contributed by atoms with E-state index in [1.165, 1.54) is 101 Å². The molecule has 0 aliphatic heterocycles. The predicted octanol–water partition coefficient (Wildman–Crippen LogP) is 14.0. The Morgan fingerprint density at radius 2 is 0.593 bits per heavy atom. The Kier molecular flexibility index (Phi) is 15.7. The first kappa shape index (κ1) is 41.1. The highest BCUT2D eigenvalue weighted by Gasteiger charge is 2.22. The molecule has 0 amide bonds. The van der Waals surface area contributed by atoms with Crippen molar-refractivity contribution in [1.82, 2.24) is 0 Å². The molecule has 0 bridgehead atoms. The summed E-state index contributed by atoms with van der Waals surface area (Å²) in [6.45, 7) is 10.3. The monoisotopic (exact) mass is 738 g/mol. The van der Waals surface area contributed by atoms with E-state index in [1.54, 1.807) is 28.4 Å². The van der Waals surface area contributed by atoms with Crippen molar-refractivity contribution < 1.29 is 28.4 Å². The molecule has 0 aromatic heterocycles. The molecule has 0 radical (unpaired) electrons. The number of fused-ring (bicyclic) bond motifs is 7. The van der Waals surface area contributed by atoms with Gasteiger partial charge in [0, 0.05) is 11.1 Å². The minimum atomic E-state index is 0.683. The molecule has 0 saturated carbocycles. The summed E-state index contributed by atoms with van der Waals surface area (Å²) in [6.07, 6.45) is 20.3. The highest BCUT2D eigenvalue weighted by molar-refractivity contribution is 6.28. The van der Waals surface area contributed by atoms with Crippen molar-refractivity contribution in [2.45, 2.75) is 130 Å². The van der Waals surface area contributed by atoms with Crippen LogP contribution in [0.25, 0.3) is 43.1 Å². The second-order valence-corrected chi connectivity index (χ2v) is 15.0. The van der Waals surface area contributed by atoms with E-state index in [0.717, 1.165) is 67.8 Å². The van der Waals surface area contributed by atoms with E-state index in [4.69, 9.17) is 28.4 Å². The highest BCUT2D eigenvalue weighted by Crippen LogP contribution is 2.48. The smallest absolute Gasteiger partial charge is 0.164 e. The van der Waals surface area contributed by atoms with Gasteiger partial charge in [-0.15, -0.1) is 0 Å². The van der Waals surface area contributed by atoms with Crippen molar-refractivity contribution in [3.63, 3.8) is 0 Å². The maximum atomic E-state index is 6.74. The minimum absolute atomic E-state index is 0.683. The van der Waals surface area contributed by atoms with Gasteiger partial charge in [-0.25, -0.2) is 0 Å². The van der Waals surface area contributed by atoms with Crippen molar-refractivity contribution in [3.8, 4) is 34.5 Å². The number of unbranched alkanes of at least 4 members (excludes halogenated alkanes) is 14. The van der Waals surface area contributed by atoms with E-state index in [9.17, 15) is 0 Å². The summed E-state index contributed by atoms with van der Waals surface area (Å²) in [7, 11) is 6.74. The zero-order chi connectivity index (χ0) is 38.5. The van der Waals surface area contributed by atoms with Crippen LogP contribution < -0.4 is 28.4 Å². The molecule has 0 saturated heterocycles. The molecule has 0 aliphatic rings. The average Bonchev–Trinajstić information content (AvgIpc) is 3.20. The van der Waals surface area contributed by atoms with Crippen LogP contribution >= 0.6 is 0 Å². The summed E-state index contributed by atoms with van der Waals surface area (Å²) < 4.78 is 36.7. The summed E-state index contributed by atoms with van der Waals surface area (Å²) in [5.41, 5.74) is 2.23. The van der Waals surface area contributed by atoms with E-state index in [1.807, 2.05) is 0 Å². The lowest BCUT2D eigenvalue weighted by Crippen LogP contribution is -2.06. The molecule has 6 nitrogen and oxygen atoms in total. The quantitative estimate of drug-likeness (QED) is 0.0357. The molecule has 5 aromatic carbocycles. The molecule has 0 N–H and O–H groups in total. The van der Waals surface area contributed by atoms with Crippen molar-refractivity contribution in [1.29, 1.82) is 0 Å². The molecule has 0 spiro atoms. The van der Waals surface area contributed by atoms with Crippen LogP contribution in [0.1, 0.15) is 128 Å². The Hall–Kier alpha value is -4.06. The Balaban J connectivity index is 1.58. The van der Waals surface area contributed by atoms with E-state index in [0.29, 0.717) is 36.2 Å².